The lowest BCUT2D eigenvalue weighted by atomic mass is 9.81. The Morgan fingerprint density at radius 3 is 2.94 bits per heavy atom. The van der Waals surface area contributed by atoms with Gasteiger partial charge in [-0.05, 0) is 30.7 Å². The summed E-state index contributed by atoms with van der Waals surface area (Å²) in [6.07, 6.45) is 0.816. The van der Waals surface area contributed by atoms with Crippen molar-refractivity contribution in [2.24, 2.45) is 0 Å². The van der Waals surface area contributed by atoms with Crippen LogP contribution in [0.2, 0.25) is 5.02 Å². The van der Waals surface area contributed by atoms with Gasteiger partial charge >= 0.3 is 0 Å². The molecule has 1 fully saturated rings. The van der Waals surface area contributed by atoms with E-state index in [1.165, 1.54) is 0 Å². The van der Waals surface area contributed by atoms with Crippen LogP contribution >= 0.6 is 11.6 Å². The van der Waals surface area contributed by atoms with Crippen LogP contribution < -0.4 is 15.4 Å². The molecule has 90 valence electrons. The molecule has 1 saturated heterocycles. The maximum atomic E-state index is 12.1. The third-order valence-electron chi connectivity index (χ3n) is 3.65. The van der Waals surface area contributed by atoms with Crippen molar-refractivity contribution >= 4 is 23.2 Å². The van der Waals surface area contributed by atoms with Gasteiger partial charge in [0.25, 0.3) is 0 Å². The fourth-order valence-corrected chi connectivity index (χ4v) is 2.93. The van der Waals surface area contributed by atoms with E-state index in [1.54, 1.807) is 13.2 Å². The van der Waals surface area contributed by atoms with Gasteiger partial charge in [-0.2, -0.15) is 0 Å². The molecule has 1 spiro atoms. The fourth-order valence-electron chi connectivity index (χ4n) is 2.69. The van der Waals surface area contributed by atoms with E-state index >= 15 is 0 Å². The zero-order valence-electron chi connectivity index (χ0n) is 9.47. The Labute approximate surface area is 104 Å². The van der Waals surface area contributed by atoms with Crippen molar-refractivity contribution in [3.63, 3.8) is 0 Å². The molecule has 4 nitrogen and oxygen atoms in total. The molecule has 2 heterocycles. The summed E-state index contributed by atoms with van der Waals surface area (Å²) in [5, 5.41) is 6.67. The second-order valence-corrected chi connectivity index (χ2v) is 4.90. The highest BCUT2D eigenvalue weighted by Crippen LogP contribution is 2.45. The van der Waals surface area contributed by atoms with Crippen molar-refractivity contribution in [1.29, 1.82) is 0 Å². The average molecular weight is 253 g/mol. The highest BCUT2D eigenvalue weighted by molar-refractivity contribution is 6.32. The van der Waals surface area contributed by atoms with E-state index in [4.69, 9.17) is 16.3 Å². The van der Waals surface area contributed by atoms with Crippen molar-refractivity contribution in [1.82, 2.24) is 5.32 Å². The topological polar surface area (TPSA) is 50.4 Å². The monoisotopic (exact) mass is 252 g/mol. The van der Waals surface area contributed by atoms with E-state index in [0.717, 1.165) is 24.2 Å². The van der Waals surface area contributed by atoms with E-state index < -0.39 is 5.41 Å². The Kier molecular flexibility index (Phi) is 2.31. The third-order valence-corrected chi connectivity index (χ3v) is 3.94. The smallest absolute Gasteiger partial charge is 0.236 e. The number of halogens is 1. The van der Waals surface area contributed by atoms with Gasteiger partial charge in [-0.15, -0.1) is 0 Å². The van der Waals surface area contributed by atoms with Crippen LogP contribution in [0.5, 0.6) is 5.75 Å². The Balaban J connectivity index is 2.17. The average Bonchev–Trinajstić information content (AvgIpc) is 2.87. The molecule has 0 saturated carbocycles. The van der Waals surface area contributed by atoms with E-state index in [2.05, 4.69) is 10.6 Å². The summed E-state index contributed by atoms with van der Waals surface area (Å²) in [6.45, 7) is 1.54. The summed E-state index contributed by atoms with van der Waals surface area (Å²) in [4.78, 5) is 12.1. The number of nitrogens with one attached hydrogen (secondary N) is 2. The van der Waals surface area contributed by atoms with Gasteiger partial charge in [0.05, 0.1) is 17.5 Å². The molecule has 0 aromatic heterocycles. The summed E-state index contributed by atoms with van der Waals surface area (Å²) in [7, 11) is 1.58. The zero-order chi connectivity index (χ0) is 12.0. The fraction of sp³-hybridized carbons (Fsp3) is 0.417. The minimum Gasteiger partial charge on any atom is -0.495 e. The number of benzene rings is 1. The number of anilines is 1. The summed E-state index contributed by atoms with van der Waals surface area (Å²) >= 11 is 6.06. The third kappa shape index (κ3) is 1.37. The number of rotatable bonds is 1. The number of fused-ring (bicyclic) bond motifs is 2. The molecule has 0 bridgehead atoms. The van der Waals surface area contributed by atoms with E-state index in [-0.39, 0.29) is 5.91 Å². The Morgan fingerprint density at radius 2 is 2.29 bits per heavy atom. The number of ether oxygens (including phenoxy) is 1. The molecule has 0 radical (unpaired) electrons. The normalized spacial score (nSPS) is 26.1. The number of carbonyl (C=O) groups excluding carboxylic acids is 1. The number of amides is 1. The molecule has 1 atom stereocenters. The lowest BCUT2D eigenvalue weighted by molar-refractivity contribution is -0.120. The van der Waals surface area contributed by atoms with Crippen LogP contribution in [-0.4, -0.2) is 26.1 Å². The van der Waals surface area contributed by atoms with Gasteiger partial charge in [-0.1, -0.05) is 11.6 Å². The molecule has 2 aliphatic heterocycles. The highest BCUT2D eigenvalue weighted by atomic mass is 35.5. The lowest BCUT2D eigenvalue weighted by Crippen LogP contribution is -2.36. The van der Waals surface area contributed by atoms with Gasteiger partial charge in [0.2, 0.25) is 5.91 Å². The number of hydrogen-bond donors (Lipinski definition) is 2. The maximum Gasteiger partial charge on any atom is 0.236 e. The molecule has 3 rings (SSSR count). The first-order valence-electron chi connectivity index (χ1n) is 5.57. The quantitative estimate of drug-likeness (QED) is 0.797. The molecular weight excluding hydrogens is 240 g/mol. The van der Waals surface area contributed by atoms with Gasteiger partial charge in [0.15, 0.2) is 0 Å². The van der Waals surface area contributed by atoms with Crippen molar-refractivity contribution in [3.8, 4) is 5.75 Å². The Hall–Kier alpha value is -1.26. The predicted octanol–water partition coefficient (Wildman–Crippen LogP) is 1.53. The van der Waals surface area contributed by atoms with E-state index in [1.807, 2.05) is 6.07 Å². The molecule has 0 aliphatic carbocycles. The van der Waals surface area contributed by atoms with Crippen LogP contribution in [0.4, 0.5) is 5.69 Å². The van der Waals surface area contributed by atoms with Crippen molar-refractivity contribution < 1.29 is 9.53 Å². The molecule has 5 heteroatoms. The first kappa shape index (κ1) is 10.9. The van der Waals surface area contributed by atoms with Crippen molar-refractivity contribution in [2.75, 3.05) is 25.5 Å². The number of carbonyl (C=O) groups is 1. The minimum absolute atomic E-state index is 0.0572. The minimum atomic E-state index is -0.437. The van der Waals surface area contributed by atoms with E-state index in [9.17, 15) is 4.79 Å². The van der Waals surface area contributed by atoms with Crippen LogP contribution in [-0.2, 0) is 10.2 Å². The Morgan fingerprint density at radius 1 is 1.47 bits per heavy atom. The van der Waals surface area contributed by atoms with Crippen LogP contribution in [0, 0.1) is 0 Å². The predicted molar refractivity (Wildman–Crippen MR) is 65.8 cm³/mol. The second-order valence-electron chi connectivity index (χ2n) is 4.50. The first-order chi connectivity index (χ1) is 8.17. The van der Waals surface area contributed by atoms with Crippen LogP contribution in [0.1, 0.15) is 12.0 Å². The van der Waals surface area contributed by atoms with Crippen molar-refractivity contribution in [3.05, 3.63) is 22.7 Å². The second kappa shape index (κ2) is 3.62. The van der Waals surface area contributed by atoms with Crippen molar-refractivity contribution in [2.45, 2.75) is 11.8 Å². The van der Waals surface area contributed by atoms with Gasteiger partial charge in [0, 0.05) is 12.2 Å². The molecule has 2 N–H and O–H groups in total. The lowest BCUT2D eigenvalue weighted by Gasteiger charge is -2.20. The Bertz CT molecular complexity index is 496. The van der Waals surface area contributed by atoms with Crippen LogP contribution in [0.3, 0.4) is 0 Å². The molecule has 1 unspecified atom stereocenters. The largest absolute Gasteiger partial charge is 0.495 e. The van der Waals surface area contributed by atoms with Gasteiger partial charge in [-0.25, -0.2) is 0 Å². The number of hydrogen-bond acceptors (Lipinski definition) is 3. The SMILES string of the molecule is COc1cc2c(cc1Cl)NC(=O)C21CCNC1. The summed E-state index contributed by atoms with van der Waals surface area (Å²) in [5.74, 6) is 0.676. The molecule has 1 aromatic rings. The summed E-state index contributed by atoms with van der Waals surface area (Å²) < 4.78 is 5.22. The molecule has 1 aromatic carbocycles. The zero-order valence-corrected chi connectivity index (χ0v) is 10.2. The van der Waals surface area contributed by atoms with E-state index in [0.29, 0.717) is 17.3 Å². The van der Waals surface area contributed by atoms with Crippen LogP contribution in [0.25, 0.3) is 0 Å². The summed E-state index contributed by atoms with van der Waals surface area (Å²) in [6, 6.07) is 3.64. The van der Waals surface area contributed by atoms with Gasteiger partial charge < -0.3 is 15.4 Å². The molecule has 1 amide bonds. The first-order valence-corrected chi connectivity index (χ1v) is 5.95. The summed E-state index contributed by atoms with van der Waals surface area (Å²) in [5.41, 5.74) is 1.37. The van der Waals surface area contributed by atoms with Crippen LogP contribution in [0.15, 0.2) is 12.1 Å². The molecular formula is C12H13ClN2O2. The highest BCUT2D eigenvalue weighted by Gasteiger charge is 2.49. The van der Waals surface area contributed by atoms with Gasteiger partial charge in [-0.3, -0.25) is 4.79 Å². The number of methoxy groups -OCH3 is 1. The van der Waals surface area contributed by atoms with Gasteiger partial charge in [0.1, 0.15) is 5.75 Å². The molecule has 2 aliphatic rings. The standard InChI is InChI=1S/C12H13ClN2O2/c1-17-10-4-7-9(5-8(10)13)15-11(16)12(7)2-3-14-6-12/h4-5,14H,2-3,6H2,1H3,(H,15,16). The molecule has 17 heavy (non-hydrogen) atoms. The maximum absolute atomic E-state index is 12.1.